The van der Waals surface area contributed by atoms with Crippen LogP contribution in [0.3, 0.4) is 0 Å². The lowest BCUT2D eigenvalue weighted by Crippen LogP contribution is -2.47. The van der Waals surface area contributed by atoms with E-state index in [0.717, 1.165) is 18.6 Å². The van der Waals surface area contributed by atoms with Crippen LogP contribution in [0.15, 0.2) is 18.3 Å². The lowest BCUT2D eigenvalue weighted by Gasteiger charge is -2.34. The average molecular weight is 294 g/mol. The van der Waals surface area contributed by atoms with Crippen LogP contribution in [-0.4, -0.2) is 50.5 Å². The van der Waals surface area contributed by atoms with Crippen LogP contribution >= 0.6 is 11.8 Å². The standard InChI is InChI=1S/C14H18N2O3S/c17-13(18)8-11-9-20-7-6-16(11)14(19)12-2-1-5-15(12)10-3-4-10/h1-2,5,10-11H,3-4,6-9H2,(H,17,18). The molecule has 1 amide bonds. The third kappa shape index (κ3) is 2.70. The summed E-state index contributed by atoms with van der Waals surface area (Å²) < 4.78 is 2.04. The SMILES string of the molecule is O=C(O)CC1CSCCN1C(=O)c1cccn1C1CC1. The van der Waals surface area contributed by atoms with Gasteiger partial charge in [-0.05, 0) is 25.0 Å². The number of carboxylic acids is 1. The van der Waals surface area contributed by atoms with Crippen LogP contribution < -0.4 is 0 Å². The fourth-order valence-corrected chi connectivity index (χ4v) is 3.75. The topological polar surface area (TPSA) is 62.5 Å². The summed E-state index contributed by atoms with van der Waals surface area (Å²) in [6, 6.07) is 4.01. The molecule has 0 radical (unpaired) electrons. The van der Waals surface area contributed by atoms with Crippen molar-refractivity contribution in [3.05, 3.63) is 24.0 Å². The Morgan fingerprint density at radius 3 is 2.90 bits per heavy atom. The lowest BCUT2D eigenvalue weighted by atomic mass is 10.2. The molecule has 1 saturated heterocycles. The van der Waals surface area contributed by atoms with E-state index in [2.05, 4.69) is 0 Å². The molecule has 108 valence electrons. The second-order valence-corrected chi connectivity index (χ2v) is 6.51. The number of aromatic nitrogens is 1. The Hall–Kier alpha value is -1.43. The van der Waals surface area contributed by atoms with Gasteiger partial charge < -0.3 is 14.6 Å². The van der Waals surface area contributed by atoms with Gasteiger partial charge in [0.15, 0.2) is 0 Å². The number of carbonyl (C=O) groups is 2. The predicted molar refractivity (Wildman–Crippen MR) is 77.1 cm³/mol. The summed E-state index contributed by atoms with van der Waals surface area (Å²) in [4.78, 5) is 25.4. The maximum Gasteiger partial charge on any atom is 0.305 e. The minimum Gasteiger partial charge on any atom is -0.481 e. The number of thioether (sulfide) groups is 1. The van der Waals surface area contributed by atoms with E-state index in [-0.39, 0.29) is 18.4 Å². The van der Waals surface area contributed by atoms with Crippen LogP contribution in [0.1, 0.15) is 35.8 Å². The van der Waals surface area contributed by atoms with Crippen molar-refractivity contribution in [1.82, 2.24) is 9.47 Å². The van der Waals surface area contributed by atoms with Crippen molar-refractivity contribution in [3.8, 4) is 0 Å². The van der Waals surface area contributed by atoms with Gasteiger partial charge in [-0.25, -0.2) is 0 Å². The molecule has 1 aromatic heterocycles. The summed E-state index contributed by atoms with van der Waals surface area (Å²) >= 11 is 1.72. The zero-order valence-corrected chi connectivity index (χ0v) is 12.0. The van der Waals surface area contributed by atoms with E-state index in [0.29, 0.717) is 24.0 Å². The fourth-order valence-electron chi connectivity index (χ4n) is 2.69. The Balaban J connectivity index is 1.79. The second-order valence-electron chi connectivity index (χ2n) is 5.36. The predicted octanol–water partition coefficient (Wildman–Crippen LogP) is 1.86. The Kier molecular flexibility index (Phi) is 3.74. The highest BCUT2D eigenvalue weighted by Gasteiger charge is 2.33. The molecule has 3 rings (SSSR count). The number of carboxylic acid groups (broad SMARTS) is 1. The van der Waals surface area contributed by atoms with E-state index in [4.69, 9.17) is 5.11 Å². The Bertz CT molecular complexity index is 524. The first-order valence-corrected chi connectivity index (χ1v) is 8.09. The maximum atomic E-state index is 12.7. The lowest BCUT2D eigenvalue weighted by molar-refractivity contribution is -0.138. The van der Waals surface area contributed by atoms with Gasteiger partial charge in [-0.2, -0.15) is 11.8 Å². The molecule has 0 spiro atoms. The fraction of sp³-hybridized carbons (Fsp3) is 0.571. The zero-order chi connectivity index (χ0) is 14.1. The maximum absolute atomic E-state index is 12.7. The molecule has 1 aliphatic heterocycles. The zero-order valence-electron chi connectivity index (χ0n) is 11.2. The third-order valence-electron chi connectivity index (χ3n) is 3.84. The molecule has 0 aromatic carbocycles. The smallest absolute Gasteiger partial charge is 0.305 e. The molecule has 1 saturated carbocycles. The molecule has 0 bridgehead atoms. The highest BCUT2D eigenvalue weighted by molar-refractivity contribution is 7.99. The Morgan fingerprint density at radius 1 is 1.40 bits per heavy atom. The van der Waals surface area contributed by atoms with Gasteiger partial charge in [0.1, 0.15) is 5.69 Å². The van der Waals surface area contributed by atoms with Crippen LogP contribution in [0.25, 0.3) is 0 Å². The van der Waals surface area contributed by atoms with Gasteiger partial charge in [-0.1, -0.05) is 0 Å². The number of hydrogen-bond acceptors (Lipinski definition) is 3. The molecule has 20 heavy (non-hydrogen) atoms. The quantitative estimate of drug-likeness (QED) is 0.920. The highest BCUT2D eigenvalue weighted by atomic mass is 32.2. The molecule has 1 unspecified atom stereocenters. The van der Waals surface area contributed by atoms with Gasteiger partial charge >= 0.3 is 5.97 Å². The third-order valence-corrected chi connectivity index (χ3v) is 4.93. The van der Waals surface area contributed by atoms with Crippen LogP contribution in [0, 0.1) is 0 Å². The molecule has 2 fully saturated rings. The van der Waals surface area contributed by atoms with Crippen molar-refractivity contribution < 1.29 is 14.7 Å². The van der Waals surface area contributed by atoms with E-state index < -0.39 is 5.97 Å². The number of aliphatic carboxylic acids is 1. The van der Waals surface area contributed by atoms with E-state index in [1.54, 1.807) is 16.7 Å². The Morgan fingerprint density at radius 2 is 2.20 bits per heavy atom. The first-order chi connectivity index (χ1) is 9.66. The number of hydrogen-bond donors (Lipinski definition) is 1. The van der Waals surface area contributed by atoms with Crippen LogP contribution in [0.5, 0.6) is 0 Å². The monoisotopic (exact) mass is 294 g/mol. The van der Waals surface area contributed by atoms with E-state index >= 15 is 0 Å². The van der Waals surface area contributed by atoms with Crippen molar-refractivity contribution >= 4 is 23.6 Å². The molecule has 1 N–H and O–H groups in total. The minimum absolute atomic E-state index is 0.0200. The summed E-state index contributed by atoms with van der Waals surface area (Å²) in [5.74, 6) is 0.732. The molecule has 6 heteroatoms. The molecular weight excluding hydrogens is 276 g/mol. The van der Waals surface area contributed by atoms with E-state index in [1.165, 1.54) is 0 Å². The molecule has 5 nitrogen and oxygen atoms in total. The Labute approximate surface area is 121 Å². The normalized spacial score (nSPS) is 22.8. The molecule has 1 atom stereocenters. The largest absolute Gasteiger partial charge is 0.481 e. The van der Waals surface area contributed by atoms with Gasteiger partial charge in [-0.15, -0.1) is 0 Å². The van der Waals surface area contributed by atoms with Crippen LogP contribution in [-0.2, 0) is 4.79 Å². The molecule has 1 aromatic rings. The van der Waals surface area contributed by atoms with Crippen molar-refractivity contribution in [1.29, 1.82) is 0 Å². The summed E-state index contributed by atoms with van der Waals surface area (Å²) in [6.45, 7) is 0.636. The first-order valence-electron chi connectivity index (χ1n) is 6.94. The summed E-state index contributed by atoms with van der Waals surface area (Å²) in [6.07, 6.45) is 4.24. The number of amides is 1. The van der Waals surface area contributed by atoms with Crippen LogP contribution in [0.4, 0.5) is 0 Å². The van der Waals surface area contributed by atoms with Crippen molar-refractivity contribution in [2.45, 2.75) is 31.3 Å². The first kappa shape index (κ1) is 13.5. The average Bonchev–Trinajstić information content (AvgIpc) is 3.15. The summed E-state index contributed by atoms with van der Waals surface area (Å²) in [5, 5.41) is 9.00. The van der Waals surface area contributed by atoms with Gasteiger partial charge in [0.05, 0.1) is 12.5 Å². The molecule has 1 aliphatic carbocycles. The van der Waals surface area contributed by atoms with Crippen molar-refractivity contribution in [3.63, 3.8) is 0 Å². The number of nitrogens with zero attached hydrogens (tertiary/aromatic N) is 2. The number of rotatable bonds is 4. The van der Waals surface area contributed by atoms with Crippen molar-refractivity contribution in [2.75, 3.05) is 18.1 Å². The van der Waals surface area contributed by atoms with Gasteiger partial charge in [0, 0.05) is 30.3 Å². The molecular formula is C14H18N2O3S. The number of carbonyl (C=O) groups excluding carboxylic acids is 1. The van der Waals surface area contributed by atoms with E-state index in [9.17, 15) is 9.59 Å². The molecule has 2 aliphatic rings. The van der Waals surface area contributed by atoms with E-state index in [1.807, 2.05) is 22.9 Å². The van der Waals surface area contributed by atoms with Gasteiger partial charge in [0.2, 0.25) is 0 Å². The van der Waals surface area contributed by atoms with Crippen LogP contribution in [0.2, 0.25) is 0 Å². The molecule has 2 heterocycles. The van der Waals surface area contributed by atoms with Gasteiger partial charge in [-0.3, -0.25) is 9.59 Å². The van der Waals surface area contributed by atoms with Crippen molar-refractivity contribution in [2.24, 2.45) is 0 Å². The van der Waals surface area contributed by atoms with Gasteiger partial charge in [0.25, 0.3) is 5.91 Å². The highest BCUT2D eigenvalue weighted by Crippen LogP contribution is 2.36. The summed E-state index contributed by atoms with van der Waals surface area (Å²) in [5.41, 5.74) is 0.704. The minimum atomic E-state index is -0.840. The second kappa shape index (κ2) is 5.52. The summed E-state index contributed by atoms with van der Waals surface area (Å²) in [7, 11) is 0.